The Balaban J connectivity index is 2.07. The van der Waals surface area contributed by atoms with Crippen LogP contribution in [-0.4, -0.2) is 40.9 Å². The molecule has 12 heteroatoms. The molecule has 0 spiro atoms. The summed E-state index contributed by atoms with van der Waals surface area (Å²) in [6.07, 6.45) is 0.698. The van der Waals surface area contributed by atoms with Crippen molar-refractivity contribution in [2.24, 2.45) is 10.8 Å². The summed E-state index contributed by atoms with van der Waals surface area (Å²) >= 11 is 11.8. The quantitative estimate of drug-likeness (QED) is 0.141. The molecule has 2 aromatic carbocycles. The standard InChI is InChI=1S/C19H19Cl2N5O5/c20-11-5-13(18(30)14(21)6-11)15(7-17(28)29)26-16(27)8-23-19(31)10-2-1-3-12(4-10)24-9-25-22/h1-6,9,15,30H,7-8,22H2,(H,23,31)(H,24,25)(H,26,27)(H,28,29). The number of amides is 2. The summed E-state index contributed by atoms with van der Waals surface area (Å²) < 4.78 is 0. The van der Waals surface area contributed by atoms with Crippen LogP contribution >= 0.6 is 23.2 Å². The van der Waals surface area contributed by atoms with Crippen LogP contribution in [-0.2, 0) is 9.59 Å². The molecule has 0 aliphatic heterocycles. The Morgan fingerprint density at radius 3 is 2.61 bits per heavy atom. The van der Waals surface area contributed by atoms with Gasteiger partial charge in [-0.1, -0.05) is 29.3 Å². The minimum atomic E-state index is -1.23. The van der Waals surface area contributed by atoms with Crippen LogP contribution in [0, 0.1) is 0 Å². The van der Waals surface area contributed by atoms with E-state index in [0.717, 1.165) is 0 Å². The first-order valence-electron chi connectivity index (χ1n) is 8.77. The van der Waals surface area contributed by atoms with E-state index in [1.54, 1.807) is 12.1 Å². The molecule has 1 unspecified atom stereocenters. The Morgan fingerprint density at radius 2 is 1.94 bits per heavy atom. The number of rotatable bonds is 9. The molecule has 0 bridgehead atoms. The predicted octanol–water partition coefficient (Wildman–Crippen LogP) is 1.88. The number of benzene rings is 2. The van der Waals surface area contributed by atoms with E-state index in [-0.39, 0.29) is 21.2 Å². The number of carboxylic acid groups (broad SMARTS) is 1. The summed E-state index contributed by atoms with van der Waals surface area (Å²) in [5.74, 6) is 2.25. The highest BCUT2D eigenvalue weighted by Gasteiger charge is 2.23. The van der Waals surface area contributed by atoms with E-state index in [0.29, 0.717) is 5.69 Å². The second-order valence-corrected chi connectivity index (χ2v) is 7.04. The summed E-state index contributed by atoms with van der Waals surface area (Å²) in [5, 5.41) is 24.2. The number of carboxylic acids is 1. The average molecular weight is 468 g/mol. The van der Waals surface area contributed by atoms with E-state index in [1.807, 2.05) is 0 Å². The van der Waals surface area contributed by atoms with Crippen LogP contribution in [0.15, 0.2) is 41.4 Å². The molecule has 10 nitrogen and oxygen atoms in total. The fourth-order valence-electron chi connectivity index (χ4n) is 2.61. The Morgan fingerprint density at radius 1 is 1.19 bits per heavy atom. The van der Waals surface area contributed by atoms with Gasteiger partial charge in [0, 0.05) is 16.1 Å². The monoisotopic (exact) mass is 467 g/mol. The van der Waals surface area contributed by atoms with E-state index < -0.39 is 42.5 Å². The third-order valence-corrected chi connectivity index (χ3v) is 4.46. The van der Waals surface area contributed by atoms with E-state index in [2.05, 4.69) is 21.1 Å². The number of halogens is 2. The Labute approximate surface area is 187 Å². The van der Waals surface area contributed by atoms with Gasteiger partial charge in [0.05, 0.1) is 29.7 Å². The van der Waals surface area contributed by atoms with Gasteiger partial charge in [0.25, 0.3) is 5.91 Å². The summed E-state index contributed by atoms with van der Waals surface area (Å²) in [5.41, 5.74) is 2.99. The molecule has 0 heterocycles. The zero-order valence-electron chi connectivity index (χ0n) is 15.9. The maximum absolute atomic E-state index is 12.3. The van der Waals surface area contributed by atoms with E-state index >= 15 is 0 Å². The van der Waals surface area contributed by atoms with Crippen molar-refractivity contribution in [3.63, 3.8) is 0 Å². The minimum Gasteiger partial charge on any atom is -0.506 e. The molecular formula is C19H19Cl2N5O5. The number of aliphatic imine (C=N–C) groups is 1. The lowest BCUT2D eigenvalue weighted by atomic mass is 10.0. The summed E-state index contributed by atoms with van der Waals surface area (Å²) in [6, 6.07) is 7.73. The van der Waals surface area contributed by atoms with Crippen molar-refractivity contribution in [2.45, 2.75) is 12.5 Å². The van der Waals surface area contributed by atoms with Crippen LogP contribution in [0.25, 0.3) is 0 Å². The van der Waals surface area contributed by atoms with Crippen molar-refractivity contribution in [3.8, 4) is 5.75 Å². The van der Waals surface area contributed by atoms with Gasteiger partial charge >= 0.3 is 5.97 Å². The fraction of sp³-hybridized carbons (Fsp3) is 0.158. The van der Waals surface area contributed by atoms with Gasteiger partial charge in [-0.25, -0.2) is 10.8 Å². The molecule has 0 aliphatic rings. The van der Waals surface area contributed by atoms with E-state index in [9.17, 15) is 19.5 Å². The van der Waals surface area contributed by atoms with Crippen molar-refractivity contribution in [1.82, 2.24) is 16.1 Å². The van der Waals surface area contributed by atoms with E-state index in [4.69, 9.17) is 34.2 Å². The maximum Gasteiger partial charge on any atom is 0.305 e. The van der Waals surface area contributed by atoms with Crippen molar-refractivity contribution >= 4 is 53.0 Å². The van der Waals surface area contributed by atoms with Crippen LogP contribution in [0.3, 0.4) is 0 Å². The number of nitrogens with two attached hydrogens (primary N) is 1. The Hall–Kier alpha value is -3.34. The number of nitrogens with one attached hydrogen (secondary N) is 3. The highest BCUT2D eigenvalue weighted by Crippen LogP contribution is 2.36. The van der Waals surface area contributed by atoms with Crippen LogP contribution in [0.5, 0.6) is 5.75 Å². The van der Waals surface area contributed by atoms with Gasteiger partial charge in [-0.2, -0.15) is 0 Å². The van der Waals surface area contributed by atoms with Gasteiger partial charge < -0.3 is 26.3 Å². The highest BCUT2D eigenvalue weighted by atomic mass is 35.5. The molecule has 164 valence electrons. The van der Waals surface area contributed by atoms with Gasteiger partial charge in [-0.3, -0.25) is 14.4 Å². The van der Waals surface area contributed by atoms with Crippen LogP contribution in [0.2, 0.25) is 10.0 Å². The molecule has 0 radical (unpaired) electrons. The first-order valence-corrected chi connectivity index (χ1v) is 9.52. The molecule has 2 amide bonds. The zero-order valence-corrected chi connectivity index (χ0v) is 17.4. The normalized spacial score (nSPS) is 11.7. The minimum absolute atomic E-state index is 0.0404. The smallest absolute Gasteiger partial charge is 0.305 e. The van der Waals surface area contributed by atoms with Gasteiger partial charge in [0.1, 0.15) is 12.1 Å². The number of aromatic hydroxyl groups is 1. The molecule has 31 heavy (non-hydrogen) atoms. The number of hydrazine groups is 1. The SMILES string of the molecule is NNC=Nc1cccc(C(=O)NCC(=O)NC(CC(=O)O)c2cc(Cl)cc(Cl)c2O)c1. The number of carbonyl (C=O) groups is 3. The molecule has 2 aromatic rings. The van der Waals surface area contributed by atoms with Gasteiger partial charge in [-0.15, -0.1) is 0 Å². The number of phenols is 1. The fourth-order valence-corrected chi connectivity index (χ4v) is 3.12. The van der Waals surface area contributed by atoms with Crippen LogP contribution in [0.1, 0.15) is 28.4 Å². The van der Waals surface area contributed by atoms with E-state index in [1.165, 1.54) is 30.6 Å². The average Bonchev–Trinajstić information content (AvgIpc) is 2.72. The van der Waals surface area contributed by atoms with Crippen LogP contribution in [0.4, 0.5) is 5.69 Å². The summed E-state index contributed by atoms with van der Waals surface area (Å²) in [4.78, 5) is 39.8. The van der Waals surface area contributed by atoms with Crippen molar-refractivity contribution in [3.05, 3.63) is 57.6 Å². The summed E-state index contributed by atoms with van der Waals surface area (Å²) in [7, 11) is 0. The molecule has 0 aromatic heterocycles. The van der Waals surface area contributed by atoms with Crippen molar-refractivity contribution in [2.75, 3.05) is 6.54 Å². The largest absolute Gasteiger partial charge is 0.506 e. The number of hydrogen-bond donors (Lipinski definition) is 6. The van der Waals surface area contributed by atoms with Crippen LogP contribution < -0.4 is 21.9 Å². The lowest BCUT2D eigenvalue weighted by Gasteiger charge is -2.19. The third-order valence-electron chi connectivity index (χ3n) is 3.95. The second kappa shape index (κ2) is 11.2. The molecule has 0 aliphatic carbocycles. The van der Waals surface area contributed by atoms with Crippen molar-refractivity contribution in [1.29, 1.82) is 0 Å². The predicted molar refractivity (Wildman–Crippen MR) is 116 cm³/mol. The lowest BCUT2D eigenvalue weighted by molar-refractivity contribution is -0.137. The maximum atomic E-state index is 12.3. The molecule has 0 saturated heterocycles. The number of phenolic OH excluding ortho intramolecular Hbond substituents is 1. The zero-order chi connectivity index (χ0) is 23.0. The molecule has 7 N–H and O–H groups in total. The summed E-state index contributed by atoms with van der Waals surface area (Å²) in [6.45, 7) is -0.443. The molecule has 2 rings (SSSR count). The first kappa shape index (κ1) is 23.9. The van der Waals surface area contributed by atoms with Gasteiger partial charge in [0.2, 0.25) is 5.91 Å². The number of hydrogen-bond acceptors (Lipinski definition) is 6. The number of carbonyl (C=O) groups excluding carboxylic acids is 2. The topological polar surface area (TPSA) is 166 Å². The van der Waals surface area contributed by atoms with Crippen molar-refractivity contribution < 1.29 is 24.6 Å². The molecule has 0 fully saturated rings. The molecular weight excluding hydrogens is 449 g/mol. The molecule has 1 atom stereocenters. The first-order chi connectivity index (χ1) is 14.7. The number of aliphatic carboxylic acids is 1. The van der Waals surface area contributed by atoms with Gasteiger partial charge in [-0.05, 0) is 30.3 Å². The third kappa shape index (κ3) is 7.14. The Kier molecular flexibility index (Phi) is 8.62. The number of nitrogens with zero attached hydrogens (tertiary/aromatic N) is 1. The Bertz CT molecular complexity index is 1020. The highest BCUT2D eigenvalue weighted by molar-refractivity contribution is 6.35. The second-order valence-electron chi connectivity index (χ2n) is 6.20. The lowest BCUT2D eigenvalue weighted by Crippen LogP contribution is -2.39. The molecule has 0 saturated carbocycles. The van der Waals surface area contributed by atoms with Gasteiger partial charge in [0.15, 0.2) is 0 Å².